The third-order valence-electron chi connectivity index (χ3n) is 3.26. The van der Waals surface area contributed by atoms with E-state index in [9.17, 15) is 0 Å². The van der Waals surface area contributed by atoms with Crippen LogP contribution in [-0.4, -0.2) is 18.6 Å². The van der Waals surface area contributed by atoms with Crippen molar-refractivity contribution >= 4 is 11.3 Å². The van der Waals surface area contributed by atoms with E-state index in [1.807, 2.05) is 11.3 Å². The average Bonchev–Trinajstić information content (AvgIpc) is 3.05. The van der Waals surface area contributed by atoms with Crippen LogP contribution in [0.15, 0.2) is 12.1 Å². The Morgan fingerprint density at radius 2 is 2.00 bits per heavy atom. The van der Waals surface area contributed by atoms with Crippen molar-refractivity contribution in [1.29, 1.82) is 0 Å². The molecule has 0 spiro atoms. The minimum atomic E-state index is 0.573. The monoisotopic (exact) mass is 266 g/mol. The van der Waals surface area contributed by atoms with Gasteiger partial charge in [0.05, 0.1) is 0 Å². The fourth-order valence-corrected chi connectivity index (χ4v) is 2.99. The predicted molar refractivity (Wildman–Crippen MR) is 80.3 cm³/mol. The molecular weight excluding hydrogens is 240 g/mol. The van der Waals surface area contributed by atoms with Crippen molar-refractivity contribution in [2.24, 2.45) is 0 Å². The standard InChI is InChI=1S/C15H26N2S/c1-12(2)17-11-15-9-8-14(18-15)5-3-4-10-16-13-6-7-13/h8-9,12-13,16-17H,3-7,10-11H2,1-2H3. The molecule has 1 fully saturated rings. The molecule has 1 aromatic rings. The topological polar surface area (TPSA) is 24.1 Å². The van der Waals surface area contributed by atoms with E-state index in [-0.39, 0.29) is 0 Å². The molecule has 1 saturated carbocycles. The highest BCUT2D eigenvalue weighted by Crippen LogP contribution is 2.20. The molecule has 0 amide bonds. The Morgan fingerprint density at radius 1 is 1.22 bits per heavy atom. The third kappa shape index (κ3) is 5.51. The van der Waals surface area contributed by atoms with Crippen molar-refractivity contribution in [3.05, 3.63) is 21.9 Å². The van der Waals surface area contributed by atoms with Gasteiger partial charge in [-0.15, -0.1) is 11.3 Å². The molecule has 0 atom stereocenters. The molecule has 2 nitrogen and oxygen atoms in total. The highest BCUT2D eigenvalue weighted by atomic mass is 32.1. The number of thiophene rings is 1. The second-order valence-corrected chi connectivity index (χ2v) is 6.84. The van der Waals surface area contributed by atoms with Crippen LogP contribution in [-0.2, 0) is 13.0 Å². The van der Waals surface area contributed by atoms with Crippen LogP contribution in [0.5, 0.6) is 0 Å². The van der Waals surface area contributed by atoms with E-state index in [1.54, 1.807) is 4.88 Å². The summed E-state index contributed by atoms with van der Waals surface area (Å²) in [7, 11) is 0. The van der Waals surface area contributed by atoms with Gasteiger partial charge in [0.1, 0.15) is 0 Å². The Balaban J connectivity index is 1.57. The van der Waals surface area contributed by atoms with Crippen molar-refractivity contribution in [3.8, 4) is 0 Å². The summed E-state index contributed by atoms with van der Waals surface area (Å²) in [6, 6.07) is 6.01. The molecule has 2 rings (SSSR count). The lowest BCUT2D eigenvalue weighted by Crippen LogP contribution is -2.21. The average molecular weight is 266 g/mol. The van der Waals surface area contributed by atoms with Gasteiger partial charge >= 0.3 is 0 Å². The van der Waals surface area contributed by atoms with Gasteiger partial charge in [-0.25, -0.2) is 0 Å². The summed E-state index contributed by atoms with van der Waals surface area (Å²) in [4.78, 5) is 3.01. The van der Waals surface area contributed by atoms with E-state index < -0.39 is 0 Å². The van der Waals surface area contributed by atoms with E-state index in [2.05, 4.69) is 36.6 Å². The van der Waals surface area contributed by atoms with Crippen molar-refractivity contribution in [3.63, 3.8) is 0 Å². The van der Waals surface area contributed by atoms with Crippen LogP contribution in [0.1, 0.15) is 49.3 Å². The highest BCUT2D eigenvalue weighted by molar-refractivity contribution is 7.11. The van der Waals surface area contributed by atoms with E-state index >= 15 is 0 Å². The number of unbranched alkanes of at least 4 members (excludes halogenated alkanes) is 1. The lowest BCUT2D eigenvalue weighted by Gasteiger charge is -2.05. The fourth-order valence-electron chi connectivity index (χ4n) is 1.97. The lowest BCUT2D eigenvalue weighted by molar-refractivity contribution is 0.593. The van der Waals surface area contributed by atoms with E-state index in [0.717, 1.165) is 12.6 Å². The van der Waals surface area contributed by atoms with Gasteiger partial charge in [0, 0.05) is 28.4 Å². The van der Waals surface area contributed by atoms with Crippen LogP contribution in [0.3, 0.4) is 0 Å². The SMILES string of the molecule is CC(C)NCc1ccc(CCCCNC2CC2)s1. The molecule has 1 aliphatic carbocycles. The molecule has 3 heteroatoms. The molecule has 0 radical (unpaired) electrons. The summed E-state index contributed by atoms with van der Waals surface area (Å²) in [6.07, 6.45) is 6.68. The highest BCUT2D eigenvalue weighted by Gasteiger charge is 2.19. The number of aryl methyl sites for hydroxylation is 1. The molecule has 1 heterocycles. The first-order valence-electron chi connectivity index (χ1n) is 7.28. The first-order chi connectivity index (χ1) is 8.74. The summed E-state index contributed by atoms with van der Waals surface area (Å²) in [5, 5.41) is 7.05. The summed E-state index contributed by atoms with van der Waals surface area (Å²) in [5.41, 5.74) is 0. The molecular formula is C15H26N2S. The smallest absolute Gasteiger partial charge is 0.0302 e. The van der Waals surface area contributed by atoms with Crippen LogP contribution >= 0.6 is 11.3 Å². The normalized spacial score (nSPS) is 15.5. The number of hydrogen-bond acceptors (Lipinski definition) is 3. The minimum absolute atomic E-state index is 0.573. The van der Waals surface area contributed by atoms with Crippen LogP contribution < -0.4 is 10.6 Å². The van der Waals surface area contributed by atoms with Gasteiger partial charge in [0.2, 0.25) is 0 Å². The molecule has 0 bridgehead atoms. The molecule has 0 saturated heterocycles. The van der Waals surface area contributed by atoms with Gasteiger partial charge in [-0.05, 0) is 50.8 Å². The molecule has 102 valence electrons. The molecule has 1 aliphatic rings. The Labute approximate surface area is 115 Å². The quantitative estimate of drug-likeness (QED) is 0.670. The predicted octanol–water partition coefficient (Wildman–Crippen LogP) is 3.32. The van der Waals surface area contributed by atoms with Gasteiger partial charge in [0.25, 0.3) is 0 Å². The molecule has 1 aromatic heterocycles. The van der Waals surface area contributed by atoms with Crippen molar-refractivity contribution in [2.75, 3.05) is 6.54 Å². The van der Waals surface area contributed by atoms with Gasteiger partial charge in [-0.1, -0.05) is 13.8 Å². The Morgan fingerprint density at radius 3 is 2.72 bits per heavy atom. The Hall–Kier alpha value is -0.380. The van der Waals surface area contributed by atoms with Crippen LogP contribution in [0, 0.1) is 0 Å². The maximum absolute atomic E-state index is 3.57. The van der Waals surface area contributed by atoms with E-state index in [1.165, 1.54) is 43.5 Å². The summed E-state index contributed by atoms with van der Waals surface area (Å²) >= 11 is 1.97. The van der Waals surface area contributed by atoms with Gasteiger partial charge in [-0.2, -0.15) is 0 Å². The lowest BCUT2D eigenvalue weighted by atomic mass is 10.2. The number of nitrogens with one attached hydrogen (secondary N) is 2. The molecule has 18 heavy (non-hydrogen) atoms. The summed E-state index contributed by atoms with van der Waals surface area (Å²) in [6.45, 7) is 6.62. The zero-order valence-electron chi connectivity index (χ0n) is 11.7. The number of hydrogen-bond donors (Lipinski definition) is 2. The Bertz CT molecular complexity index is 342. The third-order valence-corrected chi connectivity index (χ3v) is 4.41. The second-order valence-electron chi connectivity index (χ2n) is 5.59. The van der Waals surface area contributed by atoms with Crippen molar-refractivity contribution < 1.29 is 0 Å². The second kappa shape index (κ2) is 7.27. The largest absolute Gasteiger partial charge is 0.314 e. The summed E-state index contributed by atoms with van der Waals surface area (Å²) in [5.74, 6) is 0. The van der Waals surface area contributed by atoms with Crippen LogP contribution in [0.4, 0.5) is 0 Å². The fraction of sp³-hybridized carbons (Fsp3) is 0.733. The first kappa shape index (κ1) is 14.0. The van der Waals surface area contributed by atoms with Crippen molar-refractivity contribution in [1.82, 2.24) is 10.6 Å². The van der Waals surface area contributed by atoms with E-state index in [0.29, 0.717) is 6.04 Å². The Kier molecular flexibility index (Phi) is 5.67. The molecule has 0 aromatic carbocycles. The maximum Gasteiger partial charge on any atom is 0.0302 e. The van der Waals surface area contributed by atoms with E-state index in [4.69, 9.17) is 0 Å². The van der Waals surface area contributed by atoms with Crippen molar-refractivity contribution in [2.45, 2.75) is 64.6 Å². The zero-order valence-corrected chi connectivity index (χ0v) is 12.5. The van der Waals surface area contributed by atoms with Gasteiger partial charge in [0.15, 0.2) is 0 Å². The number of rotatable bonds is 9. The first-order valence-corrected chi connectivity index (χ1v) is 8.10. The van der Waals surface area contributed by atoms with Gasteiger partial charge < -0.3 is 10.6 Å². The van der Waals surface area contributed by atoms with Crippen LogP contribution in [0.25, 0.3) is 0 Å². The maximum atomic E-state index is 3.57. The molecule has 0 unspecified atom stereocenters. The summed E-state index contributed by atoms with van der Waals surface area (Å²) < 4.78 is 0. The molecule has 2 N–H and O–H groups in total. The zero-order chi connectivity index (χ0) is 12.8. The van der Waals surface area contributed by atoms with Gasteiger partial charge in [-0.3, -0.25) is 0 Å². The molecule has 0 aliphatic heterocycles. The minimum Gasteiger partial charge on any atom is -0.314 e. The van der Waals surface area contributed by atoms with Crippen LogP contribution in [0.2, 0.25) is 0 Å².